The molecule has 1 saturated heterocycles. The second kappa shape index (κ2) is 7.75. The normalized spacial score (nSPS) is 18.7. The SMILES string of the molecule is CC(C)C(C)(CN)NC(=O)CN1CCN(c2ccccn2)CC1. The quantitative estimate of drug-likeness (QED) is 0.807. The molecule has 2 heterocycles. The minimum absolute atomic E-state index is 0.0536. The van der Waals surface area contributed by atoms with Gasteiger partial charge in [-0.05, 0) is 25.0 Å². The highest BCUT2D eigenvalue weighted by molar-refractivity contribution is 5.79. The molecule has 1 aliphatic heterocycles. The first-order chi connectivity index (χ1) is 10.9. The van der Waals surface area contributed by atoms with Crippen LogP contribution < -0.4 is 16.0 Å². The van der Waals surface area contributed by atoms with Crippen LogP contribution >= 0.6 is 0 Å². The molecule has 1 unspecified atom stereocenters. The predicted molar refractivity (Wildman–Crippen MR) is 93.3 cm³/mol. The van der Waals surface area contributed by atoms with Gasteiger partial charge in [-0.2, -0.15) is 0 Å². The summed E-state index contributed by atoms with van der Waals surface area (Å²) in [6.07, 6.45) is 1.81. The third kappa shape index (κ3) is 4.65. The van der Waals surface area contributed by atoms with Gasteiger partial charge in [-0.15, -0.1) is 0 Å². The van der Waals surface area contributed by atoms with Crippen LogP contribution in [0, 0.1) is 5.92 Å². The molecule has 0 aliphatic carbocycles. The van der Waals surface area contributed by atoms with E-state index < -0.39 is 0 Å². The fourth-order valence-electron chi connectivity index (χ4n) is 2.67. The average molecular weight is 319 g/mol. The van der Waals surface area contributed by atoms with Crippen LogP contribution in [0.4, 0.5) is 5.82 Å². The Kier molecular flexibility index (Phi) is 5.96. The van der Waals surface area contributed by atoms with E-state index in [2.05, 4.69) is 33.9 Å². The number of hydrogen-bond donors (Lipinski definition) is 2. The van der Waals surface area contributed by atoms with Crippen molar-refractivity contribution in [1.82, 2.24) is 15.2 Å². The van der Waals surface area contributed by atoms with E-state index in [-0.39, 0.29) is 11.4 Å². The summed E-state index contributed by atoms with van der Waals surface area (Å²) in [5.41, 5.74) is 5.49. The van der Waals surface area contributed by atoms with Gasteiger partial charge in [-0.25, -0.2) is 4.98 Å². The summed E-state index contributed by atoms with van der Waals surface area (Å²) in [4.78, 5) is 21.1. The number of aromatic nitrogens is 1. The monoisotopic (exact) mass is 319 g/mol. The smallest absolute Gasteiger partial charge is 0.234 e. The molecule has 3 N–H and O–H groups in total. The van der Waals surface area contributed by atoms with Gasteiger partial charge < -0.3 is 16.0 Å². The average Bonchev–Trinajstić information content (AvgIpc) is 2.56. The Morgan fingerprint density at radius 2 is 2.04 bits per heavy atom. The molecule has 0 bridgehead atoms. The van der Waals surface area contributed by atoms with Crippen molar-refractivity contribution in [2.75, 3.05) is 44.2 Å². The van der Waals surface area contributed by atoms with Crippen LogP contribution in [0.2, 0.25) is 0 Å². The van der Waals surface area contributed by atoms with E-state index in [1.54, 1.807) is 0 Å². The molecule has 23 heavy (non-hydrogen) atoms. The summed E-state index contributed by atoms with van der Waals surface area (Å²) in [7, 11) is 0. The largest absolute Gasteiger partial charge is 0.354 e. The van der Waals surface area contributed by atoms with Crippen molar-refractivity contribution in [1.29, 1.82) is 0 Å². The van der Waals surface area contributed by atoms with E-state index in [4.69, 9.17) is 5.73 Å². The van der Waals surface area contributed by atoms with E-state index in [0.717, 1.165) is 32.0 Å². The Morgan fingerprint density at radius 3 is 2.57 bits per heavy atom. The predicted octanol–water partition coefficient (Wildman–Crippen LogP) is 0.693. The number of rotatable bonds is 6. The minimum Gasteiger partial charge on any atom is -0.354 e. The van der Waals surface area contributed by atoms with Crippen molar-refractivity contribution in [2.45, 2.75) is 26.3 Å². The highest BCUT2D eigenvalue weighted by Crippen LogP contribution is 2.15. The molecule has 0 spiro atoms. The number of carbonyl (C=O) groups is 1. The van der Waals surface area contributed by atoms with Crippen LogP contribution in [0.1, 0.15) is 20.8 Å². The van der Waals surface area contributed by atoms with Crippen molar-refractivity contribution >= 4 is 11.7 Å². The van der Waals surface area contributed by atoms with E-state index in [1.165, 1.54) is 0 Å². The number of amides is 1. The van der Waals surface area contributed by atoms with E-state index in [9.17, 15) is 4.79 Å². The Bertz CT molecular complexity index is 499. The van der Waals surface area contributed by atoms with Crippen molar-refractivity contribution in [2.24, 2.45) is 11.7 Å². The van der Waals surface area contributed by atoms with Gasteiger partial charge >= 0.3 is 0 Å². The first-order valence-corrected chi connectivity index (χ1v) is 8.34. The van der Waals surface area contributed by atoms with Crippen molar-refractivity contribution in [3.63, 3.8) is 0 Å². The Labute approximate surface area is 139 Å². The van der Waals surface area contributed by atoms with Crippen LogP contribution in [-0.4, -0.2) is 60.6 Å². The Balaban J connectivity index is 1.81. The molecular weight excluding hydrogens is 290 g/mol. The topological polar surface area (TPSA) is 74.5 Å². The molecular formula is C17H29N5O. The van der Waals surface area contributed by atoms with Gasteiger partial charge in [-0.3, -0.25) is 9.69 Å². The number of hydrogen-bond acceptors (Lipinski definition) is 5. The van der Waals surface area contributed by atoms with Gasteiger partial charge in [-0.1, -0.05) is 19.9 Å². The summed E-state index contributed by atoms with van der Waals surface area (Å²) in [6.45, 7) is 10.6. The first kappa shape index (κ1) is 17.7. The maximum absolute atomic E-state index is 12.3. The standard InChI is InChI=1S/C17H29N5O/c1-14(2)17(3,13-18)20-16(23)12-21-8-10-22(11-9-21)15-6-4-5-7-19-15/h4-7,14H,8-13,18H2,1-3H3,(H,20,23). The lowest BCUT2D eigenvalue weighted by Crippen LogP contribution is -2.58. The molecule has 6 heteroatoms. The number of pyridine rings is 1. The van der Waals surface area contributed by atoms with Gasteiger partial charge in [0.15, 0.2) is 0 Å². The number of anilines is 1. The van der Waals surface area contributed by atoms with Crippen LogP contribution in [0.15, 0.2) is 24.4 Å². The summed E-state index contributed by atoms with van der Waals surface area (Å²) < 4.78 is 0. The molecule has 1 fully saturated rings. The van der Waals surface area contributed by atoms with Crippen LogP contribution in [0.5, 0.6) is 0 Å². The number of nitrogens with two attached hydrogens (primary N) is 1. The molecule has 0 aromatic carbocycles. The van der Waals surface area contributed by atoms with Crippen molar-refractivity contribution in [3.05, 3.63) is 24.4 Å². The maximum Gasteiger partial charge on any atom is 0.234 e. The zero-order valence-electron chi connectivity index (χ0n) is 14.5. The summed E-state index contributed by atoms with van der Waals surface area (Å²) in [6, 6.07) is 5.95. The lowest BCUT2D eigenvalue weighted by molar-refractivity contribution is -0.124. The molecule has 128 valence electrons. The third-order valence-electron chi connectivity index (χ3n) is 4.84. The van der Waals surface area contributed by atoms with E-state index >= 15 is 0 Å². The molecule has 1 aromatic heterocycles. The summed E-state index contributed by atoms with van der Waals surface area (Å²) >= 11 is 0. The molecule has 2 rings (SSSR count). The van der Waals surface area contributed by atoms with Crippen LogP contribution in [0.25, 0.3) is 0 Å². The van der Waals surface area contributed by atoms with Gasteiger partial charge in [0.05, 0.1) is 12.1 Å². The minimum atomic E-state index is -0.340. The number of carbonyl (C=O) groups excluding carboxylic acids is 1. The van der Waals surface area contributed by atoms with Gasteiger partial charge in [0, 0.05) is 38.9 Å². The number of nitrogens with one attached hydrogen (secondary N) is 1. The second-order valence-electron chi connectivity index (χ2n) is 6.78. The summed E-state index contributed by atoms with van der Waals surface area (Å²) in [5, 5.41) is 3.10. The molecule has 1 amide bonds. The molecule has 6 nitrogen and oxygen atoms in total. The van der Waals surface area contributed by atoms with Crippen molar-refractivity contribution < 1.29 is 4.79 Å². The van der Waals surface area contributed by atoms with Gasteiger partial charge in [0.25, 0.3) is 0 Å². The van der Waals surface area contributed by atoms with Crippen molar-refractivity contribution in [3.8, 4) is 0 Å². The first-order valence-electron chi connectivity index (χ1n) is 8.34. The maximum atomic E-state index is 12.3. The van der Waals surface area contributed by atoms with E-state index in [1.807, 2.05) is 31.3 Å². The van der Waals surface area contributed by atoms with Gasteiger partial charge in [0.1, 0.15) is 5.82 Å². The molecule has 1 atom stereocenters. The lowest BCUT2D eigenvalue weighted by Gasteiger charge is -2.37. The van der Waals surface area contributed by atoms with Crippen LogP contribution in [0.3, 0.4) is 0 Å². The number of piperazine rings is 1. The zero-order valence-corrected chi connectivity index (χ0v) is 14.5. The second-order valence-corrected chi connectivity index (χ2v) is 6.78. The molecule has 0 radical (unpaired) electrons. The van der Waals surface area contributed by atoms with E-state index in [0.29, 0.717) is 19.0 Å². The fraction of sp³-hybridized carbons (Fsp3) is 0.647. The molecule has 1 aliphatic rings. The van der Waals surface area contributed by atoms with Gasteiger partial charge in [0.2, 0.25) is 5.91 Å². The zero-order chi connectivity index (χ0) is 16.9. The molecule has 0 saturated carbocycles. The highest BCUT2D eigenvalue weighted by atomic mass is 16.2. The third-order valence-corrected chi connectivity index (χ3v) is 4.84. The lowest BCUT2D eigenvalue weighted by atomic mass is 9.88. The highest BCUT2D eigenvalue weighted by Gasteiger charge is 2.29. The number of nitrogens with zero attached hydrogens (tertiary/aromatic N) is 3. The Hall–Kier alpha value is -1.66. The summed E-state index contributed by atoms with van der Waals surface area (Å²) in [5.74, 6) is 1.36. The molecule has 1 aromatic rings. The van der Waals surface area contributed by atoms with Crippen LogP contribution in [-0.2, 0) is 4.79 Å². The fourth-order valence-corrected chi connectivity index (χ4v) is 2.67. The Morgan fingerprint density at radius 1 is 1.35 bits per heavy atom.